The fourth-order valence-electron chi connectivity index (χ4n) is 6.96. The summed E-state index contributed by atoms with van der Waals surface area (Å²) in [6.07, 6.45) is 0. The average molecular weight is 845 g/mol. The smallest absolute Gasteiger partial charge is 0.549 e. The third-order valence-corrected chi connectivity index (χ3v) is 10.7. The summed E-state index contributed by atoms with van der Waals surface area (Å²) in [5.41, 5.74) is -0.521. The molecular weight excluding hydrogens is 804 g/mol. The van der Waals surface area contributed by atoms with Crippen molar-refractivity contribution in [1.82, 2.24) is 9.80 Å². The molecule has 0 spiro atoms. The number of aliphatic carboxylic acids is 4. The van der Waals surface area contributed by atoms with Gasteiger partial charge in [-0.05, 0) is 77.3 Å². The molecule has 0 aromatic heterocycles. The summed E-state index contributed by atoms with van der Waals surface area (Å²) in [4.78, 5) is 48.2. The Kier molecular flexibility index (Phi) is 22.3. The maximum absolute atomic E-state index is 14.0. The molecule has 3 aromatic rings. The van der Waals surface area contributed by atoms with Crippen LogP contribution in [0.1, 0.15) is 89.6 Å². The van der Waals surface area contributed by atoms with E-state index in [1.54, 1.807) is 45.9 Å². The summed E-state index contributed by atoms with van der Waals surface area (Å²) in [6, 6.07) is 9.05. The summed E-state index contributed by atoms with van der Waals surface area (Å²) in [5.74, 6) is -7.84. The van der Waals surface area contributed by atoms with Crippen LogP contribution in [0.25, 0.3) is 0 Å². The number of phenols is 2. The number of rotatable bonds is 16. The van der Waals surface area contributed by atoms with Gasteiger partial charge in [0, 0.05) is 56.0 Å². The molecule has 0 bridgehead atoms. The summed E-state index contributed by atoms with van der Waals surface area (Å²) >= 11 is 0. The molecule has 15 nitrogen and oxygen atoms in total. The molecule has 286 valence electrons. The summed E-state index contributed by atoms with van der Waals surface area (Å²) in [7, 11) is -4.55. The number of nitrogens with zero attached hydrogens (tertiary/aromatic N) is 2. The fraction of sp³-hybridized carbons (Fsp3) is 0.405. The fourth-order valence-corrected chi connectivity index (χ4v) is 8.37. The second-order valence-corrected chi connectivity index (χ2v) is 15.2. The van der Waals surface area contributed by atoms with E-state index in [4.69, 9.17) is 4.18 Å². The van der Waals surface area contributed by atoms with Gasteiger partial charge >= 0.3 is 118 Å². The molecule has 2 N–H and O–H groups in total. The van der Waals surface area contributed by atoms with Crippen molar-refractivity contribution in [3.05, 3.63) is 86.5 Å². The van der Waals surface area contributed by atoms with E-state index in [0.29, 0.717) is 0 Å². The van der Waals surface area contributed by atoms with Crippen LogP contribution >= 0.6 is 0 Å². The summed E-state index contributed by atoms with van der Waals surface area (Å²) < 4.78 is 34.2. The first-order valence-electron chi connectivity index (χ1n) is 16.6. The maximum Gasteiger partial charge on any atom is 1.00 e. The molecule has 0 atom stereocenters. The monoisotopic (exact) mass is 844 g/mol. The number of hydrogen-bond acceptors (Lipinski definition) is 15. The first-order chi connectivity index (χ1) is 24.6. The van der Waals surface area contributed by atoms with Crippen molar-refractivity contribution in [3.8, 4) is 11.5 Å². The summed E-state index contributed by atoms with van der Waals surface area (Å²) in [5, 5.41) is 69.7. The number of benzene rings is 3. The van der Waals surface area contributed by atoms with Crippen LogP contribution in [0.2, 0.25) is 0 Å². The Bertz CT molecular complexity index is 1960. The van der Waals surface area contributed by atoms with Crippen LogP contribution in [0.5, 0.6) is 11.5 Å². The van der Waals surface area contributed by atoms with Gasteiger partial charge in [0.05, 0.1) is 23.9 Å². The minimum Gasteiger partial charge on any atom is -0.549 e. The number of hydrogen-bond donors (Lipinski definition) is 2. The van der Waals surface area contributed by atoms with Crippen molar-refractivity contribution in [2.75, 3.05) is 26.2 Å². The number of phenolic OH excluding ortho intramolecular Hbond substituents is 2. The van der Waals surface area contributed by atoms with Crippen molar-refractivity contribution >= 4 is 34.0 Å². The molecule has 0 radical (unpaired) electrons. The number of carboxylic acid groups (broad SMARTS) is 4. The van der Waals surface area contributed by atoms with E-state index in [0.717, 1.165) is 9.80 Å². The molecule has 1 aliphatic heterocycles. The summed E-state index contributed by atoms with van der Waals surface area (Å²) in [6.45, 7) is 5.76. The number of carbonyl (C=O) groups excluding carboxylic acids is 4. The number of carbonyl (C=O) groups is 4. The quantitative estimate of drug-likeness (QED) is 0.100. The Labute approximate surface area is 420 Å². The molecule has 3 aromatic carbocycles. The van der Waals surface area contributed by atoms with E-state index in [1.165, 1.54) is 32.0 Å². The third kappa shape index (κ3) is 12.3. The molecule has 0 fully saturated rings. The zero-order chi connectivity index (χ0) is 39.7. The van der Waals surface area contributed by atoms with Gasteiger partial charge < -0.3 is 49.8 Å². The van der Waals surface area contributed by atoms with E-state index < -0.39 is 90.7 Å². The van der Waals surface area contributed by atoms with Crippen molar-refractivity contribution < 1.29 is 181 Å². The van der Waals surface area contributed by atoms with E-state index in [2.05, 4.69) is 0 Å². The second kappa shape index (κ2) is 22.7. The van der Waals surface area contributed by atoms with Crippen molar-refractivity contribution in [1.29, 1.82) is 0 Å². The predicted molar refractivity (Wildman–Crippen MR) is 179 cm³/mol. The van der Waals surface area contributed by atoms with Crippen molar-refractivity contribution in [2.45, 2.75) is 77.0 Å². The normalized spacial score (nSPS) is 13.6. The van der Waals surface area contributed by atoms with Gasteiger partial charge in [-0.15, -0.1) is 0 Å². The van der Waals surface area contributed by atoms with Crippen molar-refractivity contribution in [3.63, 3.8) is 0 Å². The maximum atomic E-state index is 14.0. The van der Waals surface area contributed by atoms with Crippen LogP contribution in [0.3, 0.4) is 0 Å². The van der Waals surface area contributed by atoms with Gasteiger partial charge in [-0.2, -0.15) is 8.42 Å². The zero-order valence-electron chi connectivity index (χ0n) is 34.0. The average Bonchev–Trinajstić information content (AvgIpc) is 3.27. The standard InChI is InChI=1S/C37H44N2O13S.4Na/c1-19(2)23-11-28(21(5)25(35(23)48)13-38(15-31(40)41)16-32(42)43)37(27-9-7-8-10-30(27)53(50,51)52-37)29-12-24(20(3)4)36(49)26(22(29)6)14-39(17-33(44)45)18-34(46)47;;;;/h7-12,19-20,48-49H,13-18H2,1-6H3,(H,40,41)(H,42,43)(H,44,45)(H,46,47);;;;/q;4*+1/p-4. The van der Waals surface area contributed by atoms with Gasteiger partial charge in [-0.1, -0.05) is 45.9 Å². The van der Waals surface area contributed by atoms with E-state index >= 15 is 0 Å². The van der Waals surface area contributed by atoms with Gasteiger partial charge in [-0.3, -0.25) is 9.80 Å². The Morgan fingerprint density at radius 2 is 0.982 bits per heavy atom. The first-order valence-corrected chi connectivity index (χ1v) is 18.0. The topological polar surface area (TPSA) is 251 Å². The SMILES string of the molecule is Cc1c(C2(c3cc(C(C)C)c(O)c(CN(CC(=O)[O-])CC(=O)[O-])c3C)OS(=O)(=O)c3ccccc32)cc(C(C)C)c(O)c1CN(CC(=O)[O-])CC(=O)[O-].[Na+].[Na+].[Na+].[Na+]. The largest absolute Gasteiger partial charge is 1.00 e. The molecular formula is C37H40N2Na4O13S. The van der Waals surface area contributed by atoms with Crippen LogP contribution in [-0.2, 0) is 52.2 Å². The molecule has 1 aliphatic rings. The Hall–Kier alpha value is -1.03. The van der Waals surface area contributed by atoms with Crippen LogP contribution in [-0.4, -0.2) is 78.5 Å². The Morgan fingerprint density at radius 3 is 1.30 bits per heavy atom. The molecule has 57 heavy (non-hydrogen) atoms. The Balaban J connectivity index is 0.00000784. The molecule has 1 heterocycles. The minimum atomic E-state index is -4.55. The van der Waals surface area contributed by atoms with Crippen molar-refractivity contribution in [2.24, 2.45) is 0 Å². The number of carboxylic acids is 4. The Morgan fingerprint density at radius 1 is 0.649 bits per heavy atom. The van der Waals surface area contributed by atoms with Gasteiger partial charge in [-0.25, -0.2) is 4.18 Å². The van der Waals surface area contributed by atoms with Gasteiger partial charge in [0.15, 0.2) is 5.60 Å². The van der Waals surface area contributed by atoms with Crippen LogP contribution < -0.4 is 139 Å². The van der Waals surface area contributed by atoms with Crippen LogP contribution in [0.15, 0.2) is 41.3 Å². The molecule has 4 rings (SSSR count). The molecule has 0 saturated carbocycles. The number of fused-ring (bicyclic) bond motifs is 1. The minimum absolute atomic E-state index is 0. The first kappa shape index (κ1) is 56.0. The molecule has 0 unspecified atom stereocenters. The molecule has 0 aliphatic carbocycles. The van der Waals surface area contributed by atoms with Gasteiger partial charge in [0.2, 0.25) is 0 Å². The van der Waals surface area contributed by atoms with E-state index in [1.807, 2.05) is 0 Å². The molecule has 0 amide bonds. The second-order valence-electron chi connectivity index (χ2n) is 13.7. The van der Waals surface area contributed by atoms with Gasteiger partial charge in [0.1, 0.15) is 16.4 Å². The zero-order valence-corrected chi connectivity index (χ0v) is 42.9. The van der Waals surface area contributed by atoms with Crippen LogP contribution in [0, 0.1) is 13.8 Å². The molecule has 0 saturated heterocycles. The van der Waals surface area contributed by atoms with Gasteiger partial charge in [0.25, 0.3) is 10.1 Å². The van der Waals surface area contributed by atoms with Crippen LogP contribution in [0.4, 0.5) is 0 Å². The third-order valence-electron chi connectivity index (χ3n) is 9.38. The number of aromatic hydroxyl groups is 2. The van der Waals surface area contributed by atoms with E-state index in [-0.39, 0.29) is 185 Å². The predicted octanol–water partition coefficient (Wildman–Crippen LogP) is -13.4. The van der Waals surface area contributed by atoms with E-state index in [9.17, 15) is 58.2 Å². The molecule has 20 heteroatoms.